The lowest BCUT2D eigenvalue weighted by Crippen LogP contribution is -2.17. The molecule has 10 heteroatoms. The van der Waals surface area contributed by atoms with Gasteiger partial charge in [0, 0.05) is 30.3 Å². The van der Waals surface area contributed by atoms with Gasteiger partial charge in [0.05, 0.1) is 25.4 Å². The van der Waals surface area contributed by atoms with Crippen LogP contribution in [0.25, 0.3) is 17.3 Å². The molecule has 0 spiro atoms. The van der Waals surface area contributed by atoms with E-state index in [-0.39, 0.29) is 35.6 Å². The highest BCUT2D eigenvalue weighted by molar-refractivity contribution is 5.90. The van der Waals surface area contributed by atoms with Crippen molar-refractivity contribution in [1.82, 2.24) is 5.16 Å². The number of carbonyl (C=O) groups is 1. The van der Waals surface area contributed by atoms with Gasteiger partial charge in [-0.3, -0.25) is 0 Å². The van der Waals surface area contributed by atoms with E-state index in [2.05, 4.69) is 16.5 Å². The lowest BCUT2D eigenvalue weighted by atomic mass is 10.0. The molecular weight excluding hydrogens is 527 g/mol. The van der Waals surface area contributed by atoms with Gasteiger partial charge in [0.2, 0.25) is 0 Å². The Kier molecular flexibility index (Phi) is 9.79. The van der Waals surface area contributed by atoms with Gasteiger partial charge in [-0.15, -0.1) is 19.8 Å². The molecule has 1 atom stereocenters. The Balaban J connectivity index is 1.31. The van der Waals surface area contributed by atoms with E-state index >= 15 is 0 Å². The second-order valence-electron chi connectivity index (χ2n) is 9.15. The summed E-state index contributed by atoms with van der Waals surface area (Å²) >= 11 is 0. The Morgan fingerprint density at radius 1 is 1.18 bits per heavy atom. The molecule has 1 aliphatic carbocycles. The largest absolute Gasteiger partial charge is 0.573 e. The number of para-hydroxylation sites is 1. The quantitative estimate of drug-likeness (QED) is 0.119. The first-order valence-electron chi connectivity index (χ1n) is 12.8. The number of hydrogen-bond acceptors (Lipinski definition) is 7. The number of alkyl halides is 3. The van der Waals surface area contributed by atoms with Gasteiger partial charge in [-0.25, -0.2) is 4.79 Å². The first-order valence-corrected chi connectivity index (χ1v) is 12.8. The minimum absolute atomic E-state index is 0.131. The number of rotatable bonds is 14. The fourth-order valence-electron chi connectivity index (χ4n) is 4.07. The standard InChI is InChI=1S/C30H30F3NO6/c1-3-23(15-12-20-8-6-9-22(18-20)29(35)36-2)38-17-7-16-37-19-25-27(34-40-28(25)21-13-14-21)24-10-4-5-11-26(24)39-30(31,32)33/h3-6,8-12,15,18,21,23H,1,7,13-14,16-17,19H2,2H3/b15-12+. The van der Waals surface area contributed by atoms with E-state index in [1.807, 2.05) is 18.2 Å². The van der Waals surface area contributed by atoms with Crippen LogP contribution < -0.4 is 4.74 Å². The van der Waals surface area contributed by atoms with Crippen LogP contribution in [0.15, 0.2) is 71.8 Å². The van der Waals surface area contributed by atoms with Crippen molar-refractivity contribution in [2.24, 2.45) is 0 Å². The van der Waals surface area contributed by atoms with Crippen LogP contribution in [0, 0.1) is 0 Å². The maximum Gasteiger partial charge on any atom is 0.573 e. The molecule has 7 nitrogen and oxygen atoms in total. The zero-order valence-electron chi connectivity index (χ0n) is 22.0. The first kappa shape index (κ1) is 29.1. The number of halogens is 3. The van der Waals surface area contributed by atoms with E-state index < -0.39 is 12.3 Å². The molecule has 0 radical (unpaired) electrons. The summed E-state index contributed by atoms with van der Waals surface area (Å²) in [4.78, 5) is 11.7. The smallest absolute Gasteiger partial charge is 0.465 e. The van der Waals surface area contributed by atoms with Crippen LogP contribution in [-0.2, 0) is 20.8 Å². The average molecular weight is 558 g/mol. The van der Waals surface area contributed by atoms with Crippen molar-refractivity contribution in [3.8, 4) is 17.0 Å². The third-order valence-electron chi connectivity index (χ3n) is 6.14. The van der Waals surface area contributed by atoms with Gasteiger partial charge < -0.3 is 23.5 Å². The molecule has 0 amide bonds. The summed E-state index contributed by atoms with van der Waals surface area (Å²) in [5, 5.41) is 4.08. The number of ether oxygens (including phenoxy) is 4. The molecule has 4 rings (SSSR count). The second kappa shape index (κ2) is 13.5. The number of carbonyl (C=O) groups excluding carboxylic acids is 1. The van der Waals surface area contributed by atoms with E-state index in [9.17, 15) is 18.0 Å². The molecule has 1 unspecified atom stereocenters. The predicted octanol–water partition coefficient (Wildman–Crippen LogP) is 7.10. The van der Waals surface area contributed by atoms with Gasteiger partial charge in [-0.1, -0.05) is 47.7 Å². The molecule has 0 saturated heterocycles. The van der Waals surface area contributed by atoms with E-state index in [4.69, 9.17) is 18.7 Å². The van der Waals surface area contributed by atoms with Crippen molar-refractivity contribution in [2.45, 2.75) is 44.3 Å². The molecule has 2 aromatic carbocycles. The summed E-state index contributed by atoms with van der Waals surface area (Å²) in [5.74, 6) is 0.0718. The van der Waals surface area contributed by atoms with E-state index in [0.29, 0.717) is 36.5 Å². The van der Waals surface area contributed by atoms with Gasteiger partial charge in [0.15, 0.2) is 0 Å². The molecular formula is C30H30F3NO6. The Morgan fingerprint density at radius 3 is 2.70 bits per heavy atom. The molecule has 1 saturated carbocycles. The summed E-state index contributed by atoms with van der Waals surface area (Å²) in [6.45, 7) is 4.67. The highest BCUT2D eigenvalue weighted by Crippen LogP contribution is 2.45. The number of nitrogens with zero attached hydrogens (tertiary/aromatic N) is 1. The number of methoxy groups -OCH3 is 1. The fourth-order valence-corrected chi connectivity index (χ4v) is 4.07. The number of aromatic nitrogens is 1. The number of benzene rings is 2. The van der Waals surface area contributed by atoms with Gasteiger partial charge in [-0.05, 0) is 49.1 Å². The van der Waals surface area contributed by atoms with Crippen LogP contribution in [0.2, 0.25) is 0 Å². The van der Waals surface area contributed by atoms with E-state index in [1.54, 1.807) is 30.3 Å². The monoisotopic (exact) mass is 557 g/mol. The summed E-state index contributed by atoms with van der Waals surface area (Å²) in [7, 11) is 1.33. The molecule has 3 aromatic rings. The number of esters is 1. The van der Waals surface area contributed by atoms with Crippen LogP contribution in [0.3, 0.4) is 0 Å². The van der Waals surface area contributed by atoms with Gasteiger partial charge in [0.1, 0.15) is 17.2 Å². The Morgan fingerprint density at radius 2 is 1.98 bits per heavy atom. The summed E-state index contributed by atoms with van der Waals surface area (Å²) in [6, 6.07) is 12.9. The van der Waals surface area contributed by atoms with Crippen LogP contribution in [0.5, 0.6) is 5.75 Å². The Labute approximate surface area is 230 Å². The van der Waals surface area contributed by atoms with Crippen LogP contribution in [-0.4, -0.2) is 43.9 Å². The van der Waals surface area contributed by atoms with Gasteiger partial charge >= 0.3 is 12.3 Å². The average Bonchev–Trinajstić information content (AvgIpc) is 3.70. The Hall–Kier alpha value is -3.89. The van der Waals surface area contributed by atoms with Gasteiger partial charge in [0.25, 0.3) is 0 Å². The molecule has 1 heterocycles. The van der Waals surface area contributed by atoms with Gasteiger partial charge in [-0.2, -0.15) is 0 Å². The SMILES string of the molecule is C=CC(/C=C/c1cccc(C(=O)OC)c1)OCCCOCc1c(-c2ccccc2OC(F)(F)F)noc1C1CC1. The zero-order valence-corrected chi connectivity index (χ0v) is 22.0. The molecule has 1 aromatic heterocycles. The van der Waals surface area contributed by atoms with Crippen molar-refractivity contribution in [3.63, 3.8) is 0 Å². The van der Waals surface area contributed by atoms with E-state index in [1.165, 1.54) is 25.3 Å². The topological polar surface area (TPSA) is 80.0 Å². The highest BCUT2D eigenvalue weighted by atomic mass is 19.4. The first-order chi connectivity index (χ1) is 19.3. The van der Waals surface area contributed by atoms with Crippen molar-refractivity contribution in [2.75, 3.05) is 20.3 Å². The minimum atomic E-state index is -4.83. The lowest BCUT2D eigenvalue weighted by molar-refractivity contribution is -0.274. The molecule has 1 aliphatic rings. The third-order valence-corrected chi connectivity index (χ3v) is 6.14. The van der Waals surface area contributed by atoms with Crippen LogP contribution in [0.1, 0.15) is 52.4 Å². The fraction of sp³-hybridized carbons (Fsp3) is 0.333. The highest BCUT2D eigenvalue weighted by Gasteiger charge is 2.35. The van der Waals surface area contributed by atoms with E-state index in [0.717, 1.165) is 18.4 Å². The maximum atomic E-state index is 12.9. The normalized spacial score (nSPS) is 14.3. The minimum Gasteiger partial charge on any atom is -0.465 e. The lowest BCUT2D eigenvalue weighted by Gasteiger charge is -2.13. The maximum absolute atomic E-state index is 12.9. The summed E-state index contributed by atoms with van der Waals surface area (Å²) in [5.41, 5.74) is 2.37. The predicted molar refractivity (Wildman–Crippen MR) is 142 cm³/mol. The van der Waals surface area contributed by atoms with Crippen LogP contribution in [0.4, 0.5) is 13.2 Å². The Bertz CT molecular complexity index is 1330. The van der Waals surface area contributed by atoms with Crippen molar-refractivity contribution < 1.29 is 41.4 Å². The summed E-state index contributed by atoms with van der Waals surface area (Å²) < 4.78 is 65.1. The zero-order chi connectivity index (χ0) is 28.5. The third kappa shape index (κ3) is 8.06. The van der Waals surface area contributed by atoms with Crippen molar-refractivity contribution >= 4 is 12.0 Å². The van der Waals surface area contributed by atoms with Crippen molar-refractivity contribution in [1.29, 1.82) is 0 Å². The molecule has 0 aliphatic heterocycles. The molecule has 212 valence electrons. The second-order valence-corrected chi connectivity index (χ2v) is 9.15. The summed E-state index contributed by atoms with van der Waals surface area (Å²) in [6.07, 6.45) is 2.58. The van der Waals surface area contributed by atoms with Crippen LogP contribution >= 0.6 is 0 Å². The van der Waals surface area contributed by atoms with Crippen molar-refractivity contribution in [3.05, 3.63) is 89.7 Å². The molecule has 0 bridgehead atoms. The molecule has 1 fully saturated rings. The molecule has 0 N–H and O–H groups in total. The molecule has 40 heavy (non-hydrogen) atoms. The number of hydrogen-bond donors (Lipinski definition) is 0.